The normalized spacial score (nSPS) is 14.3. The number of hydrogen-bond acceptors (Lipinski definition) is 3. The van der Waals surface area contributed by atoms with Gasteiger partial charge in [0.25, 0.3) is 0 Å². The second kappa shape index (κ2) is 8.22. The summed E-state index contributed by atoms with van der Waals surface area (Å²) in [6, 6.07) is 5.34. The zero-order valence-electron chi connectivity index (χ0n) is 13.1. The predicted octanol–water partition coefficient (Wildman–Crippen LogP) is 3.55. The first-order valence-electron chi connectivity index (χ1n) is 7.16. The molecule has 3 nitrogen and oxygen atoms in total. The van der Waals surface area contributed by atoms with E-state index in [0.29, 0.717) is 19.1 Å². The van der Waals surface area contributed by atoms with Crippen LogP contribution < -0.4 is 10.1 Å². The highest BCUT2D eigenvalue weighted by Crippen LogP contribution is 2.23. The van der Waals surface area contributed by atoms with Crippen LogP contribution >= 0.6 is 0 Å². The third-order valence-corrected chi connectivity index (χ3v) is 3.45. The summed E-state index contributed by atoms with van der Waals surface area (Å²) < 4.78 is 24.0. The number of rotatable bonds is 8. The maximum absolute atomic E-state index is 13.4. The van der Waals surface area contributed by atoms with Crippen LogP contribution in [-0.4, -0.2) is 26.4 Å². The maximum Gasteiger partial charge on any atom is 0.165 e. The molecule has 0 heterocycles. The highest BCUT2D eigenvalue weighted by Gasteiger charge is 2.17. The molecule has 0 saturated carbocycles. The van der Waals surface area contributed by atoms with Crippen LogP contribution in [0.2, 0.25) is 0 Å². The Labute approximate surface area is 121 Å². The monoisotopic (exact) mass is 283 g/mol. The van der Waals surface area contributed by atoms with E-state index in [0.717, 1.165) is 5.56 Å². The molecule has 1 rings (SSSR count). The van der Waals surface area contributed by atoms with Gasteiger partial charge in [0.05, 0.1) is 13.7 Å². The number of nitrogens with one attached hydrogen (secondary N) is 1. The number of methoxy groups -OCH3 is 1. The van der Waals surface area contributed by atoms with Crippen molar-refractivity contribution in [3.8, 4) is 5.75 Å². The average molecular weight is 283 g/mol. The lowest BCUT2D eigenvalue weighted by molar-refractivity contribution is 0.104. The molecular formula is C16H26FNO2. The second-order valence-corrected chi connectivity index (χ2v) is 5.29. The molecule has 1 N–H and O–H groups in total. The van der Waals surface area contributed by atoms with Crippen LogP contribution in [0.3, 0.4) is 0 Å². The third-order valence-electron chi connectivity index (χ3n) is 3.45. The molecule has 20 heavy (non-hydrogen) atoms. The molecule has 2 atom stereocenters. The molecule has 0 aliphatic heterocycles. The quantitative estimate of drug-likeness (QED) is 0.791. The Hall–Kier alpha value is -1.13. The van der Waals surface area contributed by atoms with Gasteiger partial charge in [-0.3, -0.25) is 0 Å². The predicted molar refractivity (Wildman–Crippen MR) is 79.6 cm³/mol. The lowest BCUT2D eigenvalue weighted by atomic mass is 10.0. The zero-order valence-corrected chi connectivity index (χ0v) is 13.1. The summed E-state index contributed by atoms with van der Waals surface area (Å²) in [7, 11) is 1.48. The number of hydrogen-bond donors (Lipinski definition) is 1. The topological polar surface area (TPSA) is 30.5 Å². The van der Waals surface area contributed by atoms with E-state index in [1.165, 1.54) is 13.2 Å². The molecule has 0 amide bonds. The van der Waals surface area contributed by atoms with Gasteiger partial charge in [-0.2, -0.15) is 0 Å². The molecule has 0 radical (unpaired) electrons. The Morgan fingerprint density at radius 1 is 1.25 bits per heavy atom. The molecule has 0 spiro atoms. The summed E-state index contributed by atoms with van der Waals surface area (Å²) in [5.74, 6) is 0.409. The van der Waals surface area contributed by atoms with Crippen molar-refractivity contribution < 1.29 is 13.9 Å². The number of ether oxygens (including phenoxy) is 2. The molecule has 2 unspecified atom stereocenters. The van der Waals surface area contributed by atoms with Gasteiger partial charge in [-0.25, -0.2) is 4.39 Å². The lowest BCUT2D eigenvalue weighted by Crippen LogP contribution is -2.39. The molecule has 0 aliphatic carbocycles. The van der Waals surface area contributed by atoms with E-state index in [9.17, 15) is 4.39 Å². The van der Waals surface area contributed by atoms with Crippen LogP contribution in [0, 0.1) is 11.7 Å². The van der Waals surface area contributed by atoms with Crippen molar-refractivity contribution >= 4 is 0 Å². The summed E-state index contributed by atoms with van der Waals surface area (Å²) in [4.78, 5) is 0. The van der Waals surface area contributed by atoms with Crippen molar-refractivity contribution in [3.63, 3.8) is 0 Å². The van der Waals surface area contributed by atoms with Crippen LogP contribution in [0.25, 0.3) is 0 Å². The smallest absolute Gasteiger partial charge is 0.165 e. The van der Waals surface area contributed by atoms with Gasteiger partial charge in [0.15, 0.2) is 11.6 Å². The Bertz CT molecular complexity index is 409. The van der Waals surface area contributed by atoms with E-state index in [2.05, 4.69) is 26.1 Å². The van der Waals surface area contributed by atoms with Gasteiger partial charge in [0.2, 0.25) is 0 Å². The van der Waals surface area contributed by atoms with Gasteiger partial charge in [-0.05, 0) is 37.5 Å². The van der Waals surface area contributed by atoms with E-state index in [4.69, 9.17) is 9.47 Å². The fourth-order valence-electron chi connectivity index (χ4n) is 2.04. The largest absolute Gasteiger partial charge is 0.494 e. The van der Waals surface area contributed by atoms with E-state index in [1.807, 2.05) is 6.92 Å². The SMILES string of the molecule is CCOCC(NC(C)c1ccc(F)c(OC)c1)C(C)C. The first kappa shape index (κ1) is 16.9. The van der Waals surface area contributed by atoms with Crippen LogP contribution in [0.4, 0.5) is 4.39 Å². The summed E-state index contributed by atoms with van der Waals surface area (Å²) in [6.07, 6.45) is 0. The fraction of sp³-hybridized carbons (Fsp3) is 0.625. The highest BCUT2D eigenvalue weighted by molar-refractivity contribution is 5.32. The Morgan fingerprint density at radius 3 is 2.50 bits per heavy atom. The minimum atomic E-state index is -0.335. The zero-order chi connectivity index (χ0) is 15.1. The Kier molecular flexibility index (Phi) is 6.96. The first-order chi connectivity index (χ1) is 9.49. The van der Waals surface area contributed by atoms with Crippen molar-refractivity contribution in [2.45, 2.75) is 39.8 Å². The molecule has 0 aliphatic rings. The molecule has 0 bridgehead atoms. The maximum atomic E-state index is 13.4. The summed E-state index contributed by atoms with van der Waals surface area (Å²) >= 11 is 0. The van der Waals surface area contributed by atoms with Gasteiger partial charge < -0.3 is 14.8 Å². The molecule has 0 aromatic heterocycles. The third kappa shape index (κ3) is 4.76. The molecule has 4 heteroatoms. The van der Waals surface area contributed by atoms with E-state index in [-0.39, 0.29) is 23.7 Å². The van der Waals surface area contributed by atoms with Crippen LogP contribution in [0.15, 0.2) is 18.2 Å². The van der Waals surface area contributed by atoms with Crippen molar-refractivity contribution in [2.75, 3.05) is 20.3 Å². The van der Waals surface area contributed by atoms with Crippen LogP contribution in [-0.2, 0) is 4.74 Å². The van der Waals surface area contributed by atoms with Crippen LogP contribution in [0.1, 0.15) is 39.3 Å². The van der Waals surface area contributed by atoms with Gasteiger partial charge in [-0.1, -0.05) is 19.9 Å². The molecule has 1 aromatic carbocycles. The second-order valence-electron chi connectivity index (χ2n) is 5.29. The van der Waals surface area contributed by atoms with E-state index >= 15 is 0 Å². The molecule has 1 aromatic rings. The number of halogens is 1. The summed E-state index contributed by atoms with van der Waals surface area (Å²) in [5, 5.41) is 3.54. The van der Waals surface area contributed by atoms with Gasteiger partial charge in [-0.15, -0.1) is 0 Å². The molecular weight excluding hydrogens is 257 g/mol. The number of benzene rings is 1. The van der Waals surface area contributed by atoms with Crippen molar-refractivity contribution in [2.24, 2.45) is 5.92 Å². The van der Waals surface area contributed by atoms with Crippen molar-refractivity contribution in [3.05, 3.63) is 29.6 Å². The highest BCUT2D eigenvalue weighted by atomic mass is 19.1. The van der Waals surface area contributed by atoms with Gasteiger partial charge >= 0.3 is 0 Å². The Balaban J connectivity index is 2.75. The first-order valence-corrected chi connectivity index (χ1v) is 7.16. The van der Waals surface area contributed by atoms with E-state index < -0.39 is 0 Å². The lowest BCUT2D eigenvalue weighted by Gasteiger charge is -2.26. The van der Waals surface area contributed by atoms with Gasteiger partial charge in [0, 0.05) is 18.7 Å². The fourth-order valence-corrected chi connectivity index (χ4v) is 2.04. The minimum Gasteiger partial charge on any atom is -0.494 e. The van der Waals surface area contributed by atoms with Crippen LogP contribution in [0.5, 0.6) is 5.75 Å². The van der Waals surface area contributed by atoms with Crippen molar-refractivity contribution in [1.82, 2.24) is 5.32 Å². The van der Waals surface area contributed by atoms with E-state index in [1.54, 1.807) is 12.1 Å². The summed E-state index contributed by atoms with van der Waals surface area (Å²) in [6.45, 7) is 9.77. The average Bonchev–Trinajstić information content (AvgIpc) is 2.43. The Morgan fingerprint density at radius 2 is 1.95 bits per heavy atom. The van der Waals surface area contributed by atoms with Gasteiger partial charge in [0.1, 0.15) is 0 Å². The molecule has 0 fully saturated rings. The van der Waals surface area contributed by atoms with Crippen molar-refractivity contribution in [1.29, 1.82) is 0 Å². The standard InChI is InChI=1S/C16H26FNO2/c1-6-20-10-15(11(2)3)18-12(4)13-7-8-14(17)16(9-13)19-5/h7-9,11-12,15,18H,6,10H2,1-5H3. The molecule has 0 saturated heterocycles. The summed E-state index contributed by atoms with van der Waals surface area (Å²) in [5.41, 5.74) is 1.00. The molecule has 114 valence electrons. The minimum absolute atomic E-state index is 0.109.